The lowest BCUT2D eigenvalue weighted by Crippen LogP contribution is -2.65. The lowest BCUT2D eigenvalue weighted by molar-refractivity contribution is 0.458. The third kappa shape index (κ3) is 7.28. The van der Waals surface area contributed by atoms with Gasteiger partial charge in [0.25, 0.3) is 20.1 Å². The van der Waals surface area contributed by atoms with Crippen LogP contribution in [0, 0.1) is 41.5 Å². The minimum Gasteiger partial charge on any atom is -0.458 e. The van der Waals surface area contributed by atoms with Crippen LogP contribution in [-0.4, -0.2) is 20.1 Å². The third-order valence-electron chi connectivity index (χ3n) is 18.5. The van der Waals surface area contributed by atoms with Gasteiger partial charge in [-0.3, -0.25) is 0 Å². The van der Waals surface area contributed by atoms with Gasteiger partial charge in [-0.05, 0) is 195 Å². The molecule has 0 saturated heterocycles. The van der Waals surface area contributed by atoms with Crippen molar-refractivity contribution >= 4 is 115 Å². The minimum absolute atomic E-state index is 0.0723. The van der Waals surface area contributed by atoms with E-state index in [4.69, 9.17) is 14.2 Å². The fraction of sp³-hybridized carbons (Fsp3) is 0.250. The molecule has 0 bridgehead atoms. The van der Waals surface area contributed by atoms with Gasteiger partial charge in [-0.1, -0.05) is 146 Å². The van der Waals surface area contributed by atoms with E-state index in [1.54, 1.807) is 0 Å². The normalized spacial score (nSPS) is 14.6. The van der Waals surface area contributed by atoms with Gasteiger partial charge in [0.15, 0.2) is 0 Å². The van der Waals surface area contributed by atoms with Crippen molar-refractivity contribution in [3.05, 3.63) is 184 Å². The molecule has 1 N–H and O–H groups in total. The highest BCUT2D eigenvalue weighted by Crippen LogP contribution is 2.51. The summed E-state index contributed by atoms with van der Waals surface area (Å²) in [5.74, 6) is 5.32. The fourth-order valence-electron chi connectivity index (χ4n) is 14.8. The summed E-state index contributed by atoms with van der Waals surface area (Å²) in [6.45, 7) is 34.0. The molecule has 398 valence electrons. The molecule has 0 radical (unpaired) electrons. The van der Waals surface area contributed by atoms with Crippen molar-refractivity contribution in [2.75, 3.05) is 15.1 Å². The number of ether oxygens (including phenoxy) is 3. The molecule has 6 aliphatic rings. The summed E-state index contributed by atoms with van der Waals surface area (Å²) in [4.78, 5) is 5.28. The molecule has 6 aliphatic heterocycles. The molecule has 6 heterocycles. The Morgan fingerprint density at radius 1 is 0.333 bits per heavy atom. The van der Waals surface area contributed by atoms with Crippen molar-refractivity contribution in [1.82, 2.24) is 0 Å². The Morgan fingerprint density at radius 3 is 1.25 bits per heavy atom. The quantitative estimate of drug-likeness (QED) is 0.174. The van der Waals surface area contributed by atoms with Crippen LogP contribution in [0.25, 0.3) is 0 Å². The van der Waals surface area contributed by atoms with E-state index in [0.717, 1.165) is 67.9 Å². The molecule has 81 heavy (non-hydrogen) atoms. The molecule has 9 heteroatoms. The van der Waals surface area contributed by atoms with Crippen molar-refractivity contribution in [2.45, 2.75) is 120 Å². The summed E-state index contributed by atoms with van der Waals surface area (Å²) in [6, 6.07) is 51.1. The minimum atomic E-state index is -0.199. The number of hydrogen-bond acceptors (Lipinski definition) is 6. The number of nitrogens with zero attached hydrogens (tertiary/aromatic N) is 2. The molecule has 0 unspecified atom stereocenters. The Bertz CT molecular complexity index is 4000. The topological polar surface area (TPSA) is 46.2 Å². The Kier molecular flexibility index (Phi) is 10.4. The second-order valence-corrected chi connectivity index (χ2v) is 27.4. The van der Waals surface area contributed by atoms with Gasteiger partial charge in [0.1, 0.15) is 34.5 Å². The highest BCUT2D eigenvalue weighted by Gasteiger charge is 2.50. The zero-order chi connectivity index (χ0) is 56.2. The highest BCUT2D eigenvalue weighted by atomic mass is 16.5. The lowest BCUT2D eigenvalue weighted by Gasteiger charge is -2.47. The maximum atomic E-state index is 7.44. The number of rotatable bonds is 2. The van der Waals surface area contributed by atoms with Crippen molar-refractivity contribution in [1.29, 1.82) is 0 Å². The monoisotopic (exact) mass is 1060 g/mol. The lowest BCUT2D eigenvalue weighted by atomic mass is 9.29. The van der Waals surface area contributed by atoms with E-state index in [1.165, 1.54) is 111 Å². The van der Waals surface area contributed by atoms with Gasteiger partial charge in [0.05, 0.1) is 11.4 Å². The van der Waals surface area contributed by atoms with Crippen LogP contribution < -0.4 is 78.5 Å². The summed E-state index contributed by atoms with van der Waals surface area (Å²) < 4.78 is 21.3. The number of fused-ring (bicyclic) bond motifs is 12. The van der Waals surface area contributed by atoms with Gasteiger partial charge in [0, 0.05) is 45.7 Å². The molecular weight excluding hydrogens is 987 g/mol. The molecule has 0 aliphatic carbocycles. The average molecular weight is 1060 g/mol. The summed E-state index contributed by atoms with van der Waals surface area (Å²) in [6.07, 6.45) is 0. The Hall–Kier alpha value is -8.03. The van der Waals surface area contributed by atoms with Crippen LogP contribution in [0.4, 0.5) is 45.5 Å². The molecule has 0 aromatic heterocycles. The first-order valence-corrected chi connectivity index (χ1v) is 29.2. The number of hydrogen-bond donors (Lipinski definition) is 1. The molecule has 9 aromatic carbocycles. The van der Waals surface area contributed by atoms with Gasteiger partial charge in [0.2, 0.25) is 0 Å². The first-order valence-electron chi connectivity index (χ1n) is 29.2. The Morgan fingerprint density at radius 2 is 0.741 bits per heavy atom. The van der Waals surface area contributed by atoms with E-state index < -0.39 is 0 Å². The van der Waals surface area contributed by atoms with Crippen LogP contribution in [0.5, 0.6) is 34.5 Å². The Labute approximate surface area is 479 Å². The maximum absolute atomic E-state index is 7.44. The van der Waals surface area contributed by atoms with Gasteiger partial charge >= 0.3 is 0 Å². The second kappa shape index (κ2) is 16.8. The van der Waals surface area contributed by atoms with E-state index in [2.05, 4.69) is 252 Å². The van der Waals surface area contributed by atoms with E-state index in [1.807, 2.05) is 0 Å². The molecular formula is C72H68B3N3O3. The molecule has 0 saturated carbocycles. The van der Waals surface area contributed by atoms with Crippen LogP contribution in [0.3, 0.4) is 0 Å². The number of para-hydroxylation sites is 2. The van der Waals surface area contributed by atoms with Gasteiger partial charge in [-0.15, -0.1) is 0 Å². The Balaban J connectivity index is 1.08. The highest BCUT2D eigenvalue weighted by molar-refractivity contribution is 7.03. The van der Waals surface area contributed by atoms with E-state index >= 15 is 0 Å². The SMILES string of the molecule is Cc1cc(C)c(N2c3cc4c(cc3B3c5cc6c(cc5N(c5c(C)cc(C)cc5C)c5cc(C(C)(C)C)cc2c53)Oc2cc(C(C)(C)C)cc3c2B6c2ccccc2O3)B2c3ccccc3Oc3cc(C(C)(C)C)cc(c32)N4)c(C)c1. The van der Waals surface area contributed by atoms with Crippen LogP contribution in [0.2, 0.25) is 0 Å². The van der Waals surface area contributed by atoms with Crippen LogP contribution in [0.1, 0.15) is 112 Å². The van der Waals surface area contributed by atoms with Crippen molar-refractivity contribution in [3.8, 4) is 34.5 Å². The van der Waals surface area contributed by atoms with Crippen LogP contribution in [-0.2, 0) is 16.2 Å². The molecule has 0 atom stereocenters. The van der Waals surface area contributed by atoms with Gasteiger partial charge < -0.3 is 29.3 Å². The van der Waals surface area contributed by atoms with Gasteiger partial charge in [-0.25, -0.2) is 0 Å². The number of aryl methyl sites for hydroxylation is 6. The molecule has 6 nitrogen and oxygen atoms in total. The average Bonchev–Trinajstić information content (AvgIpc) is 2.40. The smallest absolute Gasteiger partial charge is 0.260 e. The zero-order valence-electron chi connectivity index (χ0n) is 49.6. The summed E-state index contributed by atoms with van der Waals surface area (Å²) in [5.41, 5.74) is 30.9. The molecule has 9 aromatic rings. The predicted molar refractivity (Wildman–Crippen MR) is 344 cm³/mol. The number of benzene rings is 9. The van der Waals surface area contributed by atoms with E-state index in [9.17, 15) is 0 Å². The summed E-state index contributed by atoms with van der Waals surface area (Å²) in [7, 11) is 0. The molecule has 0 fully saturated rings. The first-order chi connectivity index (χ1) is 38.5. The van der Waals surface area contributed by atoms with E-state index in [0.29, 0.717) is 0 Å². The fourth-order valence-corrected chi connectivity index (χ4v) is 14.8. The second-order valence-electron chi connectivity index (χ2n) is 27.4. The molecule has 0 spiro atoms. The first kappa shape index (κ1) is 50.0. The van der Waals surface area contributed by atoms with Crippen LogP contribution in [0.15, 0.2) is 133 Å². The molecule has 15 rings (SSSR count). The number of nitrogens with one attached hydrogen (secondary N) is 1. The van der Waals surface area contributed by atoms with Crippen molar-refractivity contribution in [3.63, 3.8) is 0 Å². The molecule has 0 amide bonds. The van der Waals surface area contributed by atoms with Crippen LogP contribution >= 0.6 is 0 Å². The predicted octanol–water partition coefficient (Wildman–Crippen LogP) is 12.9. The van der Waals surface area contributed by atoms with E-state index in [-0.39, 0.29) is 36.4 Å². The standard InChI is InChI=1S/C72H68B3N3O3/c1-38-24-40(3)68(41(4)25-38)77-55-36-53-49(73-47-20-16-18-22-59(47)79-62-31-44(70(7,8)9)28-54(76-53)65(62)73)34-50(55)75-51-35-52-61(81-64-33-46(72(13,14)15)32-63-67(64)74(52)48-21-17-19-23-60(48)80-63)37-56(51)78(69-42(5)26-39(2)27-43(69)6)58-30-45(71(10,11)12)29-57(77)66(58)75/h16-37,76H,1-15H3. The zero-order valence-corrected chi connectivity index (χ0v) is 49.6. The third-order valence-corrected chi connectivity index (χ3v) is 18.5. The number of anilines is 8. The summed E-state index contributed by atoms with van der Waals surface area (Å²) in [5, 5.41) is 4.12. The van der Waals surface area contributed by atoms with Crippen molar-refractivity contribution < 1.29 is 14.2 Å². The largest absolute Gasteiger partial charge is 0.458 e. The van der Waals surface area contributed by atoms with Crippen molar-refractivity contribution in [2.24, 2.45) is 0 Å². The summed E-state index contributed by atoms with van der Waals surface area (Å²) >= 11 is 0. The van der Waals surface area contributed by atoms with Gasteiger partial charge in [-0.2, -0.15) is 0 Å². The maximum Gasteiger partial charge on any atom is 0.260 e.